The molecule has 1 unspecified atom stereocenters. The second kappa shape index (κ2) is 5.76. The van der Waals surface area contributed by atoms with E-state index in [4.69, 9.17) is 11.5 Å². The smallest absolute Gasteiger partial charge is 0.433 e. The molecule has 0 aromatic carbocycles. The fourth-order valence-electron chi connectivity index (χ4n) is 1.23. The highest BCUT2D eigenvalue weighted by molar-refractivity contribution is 7.90. The van der Waals surface area contributed by atoms with Crippen molar-refractivity contribution in [2.75, 3.05) is 5.73 Å². The minimum absolute atomic E-state index is 0.110. The number of hydrogen-bond acceptors (Lipinski definition) is 5. The van der Waals surface area contributed by atoms with Crippen molar-refractivity contribution >= 4 is 17.0 Å². The average molecular weight is 310 g/mol. The van der Waals surface area contributed by atoms with E-state index in [2.05, 4.69) is 9.71 Å². The topological polar surface area (TPSA) is 100 Å². The van der Waals surface area contributed by atoms with Crippen LogP contribution in [-0.2, 0) is 17.5 Å². The highest BCUT2D eigenvalue weighted by Gasteiger charge is 2.34. The molecule has 0 saturated heterocycles. The van der Waals surface area contributed by atoms with E-state index in [-0.39, 0.29) is 11.4 Å². The van der Waals surface area contributed by atoms with Crippen LogP contribution in [0.1, 0.15) is 38.3 Å². The van der Waals surface area contributed by atoms with Crippen LogP contribution in [0.25, 0.3) is 0 Å². The number of nitrogen functional groups attached to an aromatic ring is 1. The van der Waals surface area contributed by atoms with Crippen LogP contribution in [0.2, 0.25) is 0 Å². The molecule has 1 aromatic rings. The van der Waals surface area contributed by atoms with E-state index in [1.165, 1.54) is 6.07 Å². The second-order valence-electron chi connectivity index (χ2n) is 5.18. The number of alkyl halides is 3. The van der Waals surface area contributed by atoms with Gasteiger partial charge in [0.05, 0.1) is 5.69 Å². The van der Waals surface area contributed by atoms with Gasteiger partial charge in [-0.1, -0.05) is 0 Å². The Morgan fingerprint density at radius 3 is 2.30 bits per heavy atom. The number of nitrogens with two attached hydrogens (primary N) is 2. The molecular weight excluding hydrogens is 293 g/mol. The molecule has 0 aliphatic heterocycles. The summed E-state index contributed by atoms with van der Waals surface area (Å²) < 4.78 is 51.6. The van der Waals surface area contributed by atoms with Crippen molar-refractivity contribution < 1.29 is 17.7 Å². The molecule has 0 radical (unpaired) electrons. The molecule has 0 amide bonds. The molecule has 0 fully saturated rings. The van der Waals surface area contributed by atoms with Gasteiger partial charge in [-0.05, 0) is 32.9 Å². The van der Waals surface area contributed by atoms with E-state index in [1.807, 2.05) is 0 Å². The number of halogens is 3. The van der Waals surface area contributed by atoms with Crippen LogP contribution in [-0.4, -0.2) is 14.3 Å². The first-order chi connectivity index (χ1) is 8.91. The van der Waals surface area contributed by atoms with Crippen LogP contribution >= 0.6 is 0 Å². The summed E-state index contributed by atoms with van der Waals surface area (Å²) in [4.78, 5) is 3.41. The third kappa shape index (κ3) is 4.51. The molecule has 20 heavy (non-hydrogen) atoms. The molecule has 0 saturated carbocycles. The van der Waals surface area contributed by atoms with Crippen molar-refractivity contribution in [2.45, 2.75) is 37.9 Å². The van der Waals surface area contributed by atoms with Crippen LogP contribution < -0.4 is 16.2 Å². The third-order valence-corrected chi connectivity index (χ3v) is 3.85. The Bertz CT molecular complexity index is 476. The van der Waals surface area contributed by atoms with E-state index in [1.54, 1.807) is 20.8 Å². The summed E-state index contributed by atoms with van der Waals surface area (Å²) in [5.41, 5.74) is 9.74. The summed E-state index contributed by atoms with van der Waals surface area (Å²) >= 11 is -1.54. The predicted molar refractivity (Wildman–Crippen MR) is 71.6 cm³/mol. The number of nitrogens with zero attached hydrogens (tertiary/aromatic N) is 1. The predicted octanol–water partition coefficient (Wildman–Crippen LogP) is 1.69. The first-order valence-corrected chi connectivity index (χ1v) is 6.84. The zero-order valence-corrected chi connectivity index (χ0v) is 12.1. The van der Waals surface area contributed by atoms with Gasteiger partial charge in [-0.2, -0.15) is 13.2 Å². The molecule has 2 atom stereocenters. The molecule has 0 bridgehead atoms. The van der Waals surface area contributed by atoms with Gasteiger partial charge in [-0.25, -0.2) is 4.98 Å². The lowest BCUT2D eigenvalue weighted by Crippen LogP contribution is -2.44. The Kier molecular flexibility index (Phi) is 4.90. The Labute approximate surface area is 118 Å². The van der Waals surface area contributed by atoms with Crippen LogP contribution in [0.3, 0.4) is 0 Å². The molecule has 1 aromatic heterocycles. The number of pyridine rings is 1. The lowest BCUT2D eigenvalue weighted by Gasteiger charge is -2.26. The molecule has 0 spiro atoms. The monoisotopic (exact) mass is 310 g/mol. The van der Waals surface area contributed by atoms with Crippen molar-refractivity contribution in [2.24, 2.45) is 5.73 Å². The van der Waals surface area contributed by atoms with Gasteiger partial charge in [-0.15, -0.1) is 4.72 Å². The summed E-state index contributed by atoms with van der Waals surface area (Å²) in [5.74, 6) is 0. The Morgan fingerprint density at radius 2 is 1.85 bits per heavy atom. The molecular formula is C11H17F3N4OS. The van der Waals surface area contributed by atoms with Crippen molar-refractivity contribution in [3.8, 4) is 0 Å². The van der Waals surface area contributed by atoms with Crippen LogP contribution in [0, 0.1) is 0 Å². The van der Waals surface area contributed by atoms with E-state index >= 15 is 0 Å². The maximum atomic E-state index is 12.6. The Morgan fingerprint density at radius 1 is 1.30 bits per heavy atom. The van der Waals surface area contributed by atoms with Crippen molar-refractivity contribution in [3.05, 3.63) is 23.5 Å². The Hall–Kier alpha value is -1.03. The summed E-state index contributed by atoms with van der Waals surface area (Å²) in [6, 6.07) is 1.93. The minimum atomic E-state index is -4.62. The van der Waals surface area contributed by atoms with E-state index in [9.17, 15) is 17.7 Å². The van der Waals surface area contributed by atoms with Crippen LogP contribution in [0.15, 0.2) is 12.1 Å². The van der Waals surface area contributed by atoms with Crippen LogP contribution in [0.5, 0.6) is 0 Å². The molecule has 5 nitrogen and oxygen atoms in total. The van der Waals surface area contributed by atoms with Gasteiger partial charge in [0, 0.05) is 17.0 Å². The van der Waals surface area contributed by atoms with E-state index in [0.29, 0.717) is 0 Å². The maximum Gasteiger partial charge on any atom is 0.433 e. The zero-order chi connectivity index (χ0) is 15.7. The molecule has 1 rings (SSSR count). The summed E-state index contributed by atoms with van der Waals surface area (Å²) in [5, 5.41) is 0. The normalized spacial score (nSPS) is 16.0. The van der Waals surface area contributed by atoms with Gasteiger partial charge < -0.3 is 16.0 Å². The van der Waals surface area contributed by atoms with Gasteiger partial charge >= 0.3 is 6.18 Å². The summed E-state index contributed by atoms with van der Waals surface area (Å²) in [7, 11) is 0. The molecule has 0 aliphatic carbocycles. The van der Waals surface area contributed by atoms with E-state index < -0.39 is 34.1 Å². The summed E-state index contributed by atoms with van der Waals surface area (Å²) in [6.07, 6.45) is -5.73. The molecule has 0 aliphatic rings. The summed E-state index contributed by atoms with van der Waals surface area (Å²) in [6.45, 7) is 5.12. The lowest BCUT2D eigenvalue weighted by atomic mass is 10.2. The molecule has 5 N–H and O–H groups in total. The molecule has 114 valence electrons. The number of rotatable bonds is 3. The quantitative estimate of drug-likeness (QED) is 0.583. The van der Waals surface area contributed by atoms with Gasteiger partial charge in [0.15, 0.2) is 0 Å². The zero-order valence-electron chi connectivity index (χ0n) is 11.3. The van der Waals surface area contributed by atoms with Crippen molar-refractivity contribution in [1.82, 2.24) is 9.71 Å². The van der Waals surface area contributed by atoms with Crippen LogP contribution in [0.4, 0.5) is 18.9 Å². The molecule has 1 heterocycles. The van der Waals surface area contributed by atoms with Crippen molar-refractivity contribution in [3.63, 3.8) is 0 Å². The SMILES string of the molecule is CC(C)(C)[S+]([O-])N[C@H](N)c1cc(N)cc(C(F)(F)F)n1. The number of anilines is 1. The fourth-order valence-corrected chi connectivity index (χ4v) is 1.94. The average Bonchev–Trinajstić information content (AvgIpc) is 2.25. The second-order valence-corrected chi connectivity index (χ2v) is 7.18. The number of aromatic nitrogens is 1. The molecule has 9 heteroatoms. The van der Waals surface area contributed by atoms with Gasteiger partial charge in [0.25, 0.3) is 0 Å². The third-order valence-electron chi connectivity index (χ3n) is 2.27. The Balaban J connectivity index is 2.99. The fraction of sp³-hybridized carbons (Fsp3) is 0.545. The number of hydrogen-bond donors (Lipinski definition) is 3. The highest BCUT2D eigenvalue weighted by atomic mass is 32.2. The maximum absolute atomic E-state index is 12.6. The largest absolute Gasteiger partial charge is 0.598 e. The first kappa shape index (κ1) is 17.0. The highest BCUT2D eigenvalue weighted by Crippen LogP contribution is 2.30. The standard InChI is InChI=1S/C11H17F3N4OS/c1-10(2,3)20(19)18-9(16)7-4-6(15)5-8(17-7)11(12,13)14/h4-5,9,18H,16H2,1-3H3,(H2,15,17)/t9-,20?/m0/s1. The lowest BCUT2D eigenvalue weighted by molar-refractivity contribution is -0.141. The van der Waals surface area contributed by atoms with Gasteiger partial charge in [-0.3, -0.25) is 0 Å². The first-order valence-electron chi connectivity index (χ1n) is 5.69. The number of nitrogens with one attached hydrogen (secondary N) is 1. The van der Waals surface area contributed by atoms with E-state index in [0.717, 1.165) is 6.07 Å². The minimum Gasteiger partial charge on any atom is -0.598 e. The van der Waals surface area contributed by atoms with Gasteiger partial charge in [0.1, 0.15) is 16.6 Å². The van der Waals surface area contributed by atoms with Gasteiger partial charge in [0.2, 0.25) is 0 Å². The van der Waals surface area contributed by atoms with Crippen molar-refractivity contribution in [1.29, 1.82) is 0 Å².